The third-order valence-electron chi connectivity index (χ3n) is 7.11. The Hall–Kier alpha value is -2.95. The van der Waals surface area contributed by atoms with Gasteiger partial charge in [-0.2, -0.15) is 0 Å². The summed E-state index contributed by atoms with van der Waals surface area (Å²) in [6.45, 7) is -0.525. The highest BCUT2D eigenvalue weighted by atomic mass is 79.9. The summed E-state index contributed by atoms with van der Waals surface area (Å²) in [6.07, 6.45) is 5.00. The minimum atomic E-state index is -3.98. The maximum Gasteiger partial charge on any atom is 0.244 e. The van der Waals surface area contributed by atoms with Crippen molar-refractivity contribution in [1.29, 1.82) is 0 Å². The van der Waals surface area contributed by atoms with E-state index >= 15 is 0 Å². The summed E-state index contributed by atoms with van der Waals surface area (Å²) in [5.41, 5.74) is 1.67. The molecule has 3 aromatic carbocycles. The van der Waals surface area contributed by atoms with Crippen LogP contribution in [0.15, 0.2) is 77.3 Å². The summed E-state index contributed by atoms with van der Waals surface area (Å²) in [4.78, 5) is 29.4. The van der Waals surface area contributed by atoms with Crippen molar-refractivity contribution in [2.24, 2.45) is 0 Å². The number of sulfonamides is 1. The van der Waals surface area contributed by atoms with Crippen LogP contribution in [-0.4, -0.2) is 50.0 Å². The predicted molar refractivity (Wildman–Crippen MR) is 163 cm³/mol. The average Bonchev–Trinajstić information content (AvgIpc) is 3.45. The zero-order valence-corrected chi connectivity index (χ0v) is 25.8. The molecule has 1 atom stereocenters. The Morgan fingerprint density at radius 2 is 1.68 bits per heavy atom. The molecule has 41 heavy (non-hydrogen) atoms. The van der Waals surface area contributed by atoms with Gasteiger partial charge in [0, 0.05) is 23.5 Å². The van der Waals surface area contributed by atoms with Crippen molar-refractivity contribution in [2.75, 3.05) is 17.1 Å². The Balaban J connectivity index is 1.72. The number of nitrogens with one attached hydrogen (secondary N) is 1. The molecule has 7 nitrogen and oxygen atoms in total. The van der Waals surface area contributed by atoms with Crippen molar-refractivity contribution >= 4 is 55.1 Å². The number of nitrogens with zero attached hydrogens (tertiary/aromatic N) is 2. The number of hydrogen-bond donors (Lipinski definition) is 1. The lowest BCUT2D eigenvalue weighted by molar-refractivity contribution is -0.140. The molecule has 0 aromatic heterocycles. The standard InChI is InChI=1S/C30H32BrClFN3O4S/c1-41(39,40)36(25-15-16-27(33)26(32)18-25)20-29(37)35(19-22-11-13-23(31)14-12-22)28(17-21-7-3-2-4-8-21)30(38)34-24-9-5-6-10-24/h2-4,7-8,11-16,18,24,28H,5-6,9-10,17,19-20H2,1H3,(H,34,38). The molecule has 1 N–H and O–H groups in total. The second-order valence-corrected chi connectivity index (χ2v) is 13.4. The van der Waals surface area contributed by atoms with Gasteiger partial charge in [-0.25, -0.2) is 12.8 Å². The summed E-state index contributed by atoms with van der Waals surface area (Å²) in [6, 6.07) is 19.3. The molecule has 11 heteroatoms. The quantitative estimate of drug-likeness (QED) is 0.285. The third kappa shape index (κ3) is 8.53. The van der Waals surface area contributed by atoms with Crippen molar-refractivity contribution in [2.45, 2.75) is 50.7 Å². The molecule has 218 valence electrons. The van der Waals surface area contributed by atoms with Crippen LogP contribution in [0.2, 0.25) is 5.02 Å². The molecule has 2 amide bonds. The molecular weight excluding hydrogens is 633 g/mol. The molecule has 0 heterocycles. The number of amides is 2. The molecule has 0 spiro atoms. The van der Waals surface area contributed by atoms with Gasteiger partial charge < -0.3 is 10.2 Å². The highest BCUT2D eigenvalue weighted by molar-refractivity contribution is 9.10. The highest BCUT2D eigenvalue weighted by Crippen LogP contribution is 2.26. The predicted octanol–water partition coefficient (Wildman–Crippen LogP) is 5.71. The highest BCUT2D eigenvalue weighted by Gasteiger charge is 2.34. The lowest BCUT2D eigenvalue weighted by Gasteiger charge is -2.34. The largest absolute Gasteiger partial charge is 0.352 e. The first kappa shape index (κ1) is 31.0. The summed E-state index contributed by atoms with van der Waals surface area (Å²) >= 11 is 9.36. The summed E-state index contributed by atoms with van der Waals surface area (Å²) in [5.74, 6) is -1.58. The van der Waals surface area contributed by atoms with E-state index in [1.54, 1.807) is 0 Å². The van der Waals surface area contributed by atoms with Crippen molar-refractivity contribution < 1.29 is 22.4 Å². The Kier molecular flexibility index (Phi) is 10.4. The van der Waals surface area contributed by atoms with Gasteiger partial charge in [0.2, 0.25) is 21.8 Å². The second kappa shape index (κ2) is 13.8. The van der Waals surface area contributed by atoms with E-state index in [0.29, 0.717) is 0 Å². The minimum absolute atomic E-state index is 0.0271. The molecule has 1 unspecified atom stereocenters. The maximum atomic E-state index is 14.1. The fourth-order valence-corrected chi connectivity index (χ4v) is 6.24. The van der Waals surface area contributed by atoms with Crippen LogP contribution in [0.5, 0.6) is 0 Å². The average molecular weight is 665 g/mol. The van der Waals surface area contributed by atoms with Crippen molar-refractivity contribution in [3.8, 4) is 0 Å². The first-order chi connectivity index (χ1) is 19.5. The Morgan fingerprint density at radius 1 is 1.02 bits per heavy atom. The molecular formula is C30H32BrClFN3O4S. The van der Waals surface area contributed by atoms with Crippen LogP contribution in [0.3, 0.4) is 0 Å². The lowest BCUT2D eigenvalue weighted by Crippen LogP contribution is -2.54. The number of hydrogen-bond acceptors (Lipinski definition) is 4. The zero-order chi connectivity index (χ0) is 29.6. The monoisotopic (exact) mass is 663 g/mol. The van der Waals surface area contributed by atoms with Gasteiger partial charge in [0.1, 0.15) is 18.4 Å². The number of carbonyl (C=O) groups excluding carboxylic acids is 2. The van der Waals surface area contributed by atoms with Crippen LogP contribution in [-0.2, 0) is 32.6 Å². The van der Waals surface area contributed by atoms with E-state index in [1.807, 2.05) is 54.6 Å². The Morgan fingerprint density at radius 3 is 2.29 bits per heavy atom. The number of anilines is 1. The molecule has 1 saturated carbocycles. The first-order valence-electron chi connectivity index (χ1n) is 13.3. The van der Waals surface area contributed by atoms with Crippen LogP contribution in [0, 0.1) is 5.82 Å². The van der Waals surface area contributed by atoms with Crippen LogP contribution < -0.4 is 9.62 Å². The lowest BCUT2D eigenvalue weighted by atomic mass is 10.0. The third-order valence-corrected chi connectivity index (χ3v) is 9.07. The van der Waals surface area contributed by atoms with E-state index in [2.05, 4.69) is 21.2 Å². The fraction of sp³-hybridized carbons (Fsp3) is 0.333. The molecule has 0 radical (unpaired) electrons. The molecule has 1 aliphatic carbocycles. The molecule has 0 bridgehead atoms. The second-order valence-electron chi connectivity index (χ2n) is 10.2. The smallest absolute Gasteiger partial charge is 0.244 e. The van der Waals surface area contributed by atoms with Gasteiger partial charge in [0.25, 0.3) is 0 Å². The van der Waals surface area contributed by atoms with Gasteiger partial charge in [-0.1, -0.05) is 82.8 Å². The van der Waals surface area contributed by atoms with Crippen LogP contribution in [0.4, 0.5) is 10.1 Å². The molecule has 1 aliphatic rings. The minimum Gasteiger partial charge on any atom is -0.352 e. The molecule has 1 fully saturated rings. The molecule has 3 aromatic rings. The van der Waals surface area contributed by atoms with Gasteiger partial charge in [0.05, 0.1) is 17.0 Å². The number of rotatable bonds is 11. The summed E-state index contributed by atoms with van der Waals surface area (Å²) in [7, 11) is -3.98. The van der Waals surface area contributed by atoms with E-state index in [0.717, 1.165) is 57.9 Å². The zero-order valence-electron chi connectivity index (χ0n) is 22.6. The van der Waals surface area contributed by atoms with Gasteiger partial charge in [0.15, 0.2) is 0 Å². The summed E-state index contributed by atoms with van der Waals surface area (Å²) in [5, 5.41) is 2.86. The van der Waals surface area contributed by atoms with Gasteiger partial charge >= 0.3 is 0 Å². The van der Waals surface area contributed by atoms with Crippen molar-refractivity contribution in [3.63, 3.8) is 0 Å². The Labute approximate surface area is 253 Å². The Bertz CT molecular complexity index is 1470. The fourth-order valence-electron chi connectivity index (χ4n) is 4.96. The number of benzene rings is 3. The van der Waals surface area contributed by atoms with Crippen LogP contribution in [0.1, 0.15) is 36.8 Å². The van der Waals surface area contributed by atoms with E-state index < -0.39 is 34.3 Å². The van der Waals surface area contributed by atoms with Gasteiger partial charge in [-0.05, 0) is 54.3 Å². The van der Waals surface area contributed by atoms with E-state index in [1.165, 1.54) is 17.0 Å². The topological polar surface area (TPSA) is 86.8 Å². The molecule has 4 rings (SSSR count). The SMILES string of the molecule is CS(=O)(=O)N(CC(=O)N(Cc1ccc(Br)cc1)C(Cc1ccccc1)C(=O)NC1CCCC1)c1ccc(F)c(Cl)c1. The van der Waals surface area contributed by atoms with Crippen LogP contribution in [0.25, 0.3) is 0 Å². The first-order valence-corrected chi connectivity index (χ1v) is 16.3. The van der Waals surface area contributed by atoms with Gasteiger partial charge in [-0.15, -0.1) is 0 Å². The molecule has 0 saturated heterocycles. The van der Waals surface area contributed by atoms with Gasteiger partial charge in [-0.3, -0.25) is 13.9 Å². The van der Waals surface area contributed by atoms with E-state index in [9.17, 15) is 22.4 Å². The molecule has 0 aliphatic heterocycles. The summed E-state index contributed by atoms with van der Waals surface area (Å²) < 4.78 is 41.3. The normalized spacial score (nSPS) is 14.4. The van der Waals surface area contributed by atoms with E-state index in [-0.39, 0.29) is 35.6 Å². The number of carbonyl (C=O) groups is 2. The van der Waals surface area contributed by atoms with Crippen molar-refractivity contribution in [1.82, 2.24) is 10.2 Å². The van der Waals surface area contributed by atoms with Crippen LogP contribution >= 0.6 is 27.5 Å². The van der Waals surface area contributed by atoms with Crippen molar-refractivity contribution in [3.05, 3.63) is 99.2 Å². The number of halogens is 3. The van der Waals surface area contributed by atoms with E-state index in [4.69, 9.17) is 11.6 Å². The maximum absolute atomic E-state index is 14.1.